The molecule has 3 aliphatic rings. The number of rotatable bonds is 3. The van der Waals surface area contributed by atoms with Crippen LogP contribution in [0, 0.1) is 16.2 Å². The molecule has 0 aromatic carbocycles. The average Bonchev–Trinajstić information content (AvgIpc) is 2.27. The average molecular weight is 332 g/mol. The van der Waals surface area contributed by atoms with Crippen molar-refractivity contribution in [2.24, 2.45) is 16.2 Å². The number of allylic oxidation sites excluding steroid dienone is 2. The van der Waals surface area contributed by atoms with Crippen molar-refractivity contribution in [2.75, 3.05) is 4.43 Å². The fraction of sp³-hybridized carbons (Fsp3) is 0.786. The third-order valence-electron chi connectivity index (χ3n) is 5.07. The van der Waals surface area contributed by atoms with Crippen molar-refractivity contribution in [3.8, 4) is 0 Å². The highest BCUT2D eigenvalue weighted by Gasteiger charge is 2.59. The van der Waals surface area contributed by atoms with Crippen LogP contribution in [0.4, 0.5) is 0 Å². The summed E-state index contributed by atoms with van der Waals surface area (Å²) in [4.78, 5) is 12.7. The first-order chi connectivity index (χ1) is 7.38. The number of carbonyl (C=O) groups is 1. The molecule has 16 heavy (non-hydrogen) atoms. The fourth-order valence-electron chi connectivity index (χ4n) is 3.41. The van der Waals surface area contributed by atoms with E-state index in [4.69, 9.17) is 0 Å². The first-order valence-electron chi connectivity index (χ1n) is 6.19. The van der Waals surface area contributed by atoms with Gasteiger partial charge in [0.2, 0.25) is 0 Å². The summed E-state index contributed by atoms with van der Waals surface area (Å²) in [7, 11) is 0. The Morgan fingerprint density at radius 2 is 1.94 bits per heavy atom. The molecule has 90 valence electrons. The highest BCUT2D eigenvalue weighted by molar-refractivity contribution is 14.1. The molecule has 0 aromatic heterocycles. The Morgan fingerprint density at radius 1 is 1.25 bits per heavy atom. The summed E-state index contributed by atoms with van der Waals surface area (Å²) in [6.45, 7) is 6.59. The molecule has 0 N–H and O–H groups in total. The minimum atomic E-state index is -0.169. The van der Waals surface area contributed by atoms with Gasteiger partial charge in [0, 0.05) is 10.8 Å². The molecule has 2 heteroatoms. The zero-order valence-electron chi connectivity index (χ0n) is 10.5. The number of hydrogen-bond acceptors (Lipinski definition) is 1. The van der Waals surface area contributed by atoms with Crippen molar-refractivity contribution >= 4 is 28.4 Å². The van der Waals surface area contributed by atoms with Gasteiger partial charge in [0.05, 0.1) is 0 Å². The van der Waals surface area contributed by atoms with Crippen LogP contribution in [0.2, 0.25) is 0 Å². The summed E-state index contributed by atoms with van der Waals surface area (Å²) in [5.74, 6) is 0.487. The lowest BCUT2D eigenvalue weighted by atomic mass is 9.46. The Labute approximate surface area is 112 Å². The van der Waals surface area contributed by atoms with Crippen molar-refractivity contribution < 1.29 is 4.79 Å². The maximum absolute atomic E-state index is 12.7. The van der Waals surface area contributed by atoms with Gasteiger partial charge in [-0.1, -0.05) is 48.6 Å². The van der Waals surface area contributed by atoms with Crippen LogP contribution < -0.4 is 0 Å². The monoisotopic (exact) mass is 332 g/mol. The topological polar surface area (TPSA) is 17.1 Å². The Kier molecular flexibility index (Phi) is 3.01. The summed E-state index contributed by atoms with van der Waals surface area (Å²) >= 11 is 2.41. The minimum absolute atomic E-state index is 0.105. The summed E-state index contributed by atoms with van der Waals surface area (Å²) in [6, 6.07) is 0. The van der Waals surface area contributed by atoms with E-state index < -0.39 is 0 Å². The molecule has 2 bridgehead atoms. The van der Waals surface area contributed by atoms with Gasteiger partial charge >= 0.3 is 0 Å². The second-order valence-corrected chi connectivity index (χ2v) is 7.20. The maximum Gasteiger partial charge on any atom is 0.149 e. The van der Waals surface area contributed by atoms with E-state index in [9.17, 15) is 4.79 Å². The van der Waals surface area contributed by atoms with Crippen molar-refractivity contribution in [1.29, 1.82) is 0 Å². The van der Waals surface area contributed by atoms with Crippen LogP contribution in [0.1, 0.15) is 46.5 Å². The van der Waals surface area contributed by atoms with Crippen LogP contribution in [-0.2, 0) is 4.79 Å². The first kappa shape index (κ1) is 12.6. The normalized spacial score (nSPS) is 46.4. The van der Waals surface area contributed by atoms with Gasteiger partial charge in [-0.05, 0) is 42.4 Å². The zero-order valence-corrected chi connectivity index (χ0v) is 12.6. The molecule has 0 aromatic rings. The second kappa shape index (κ2) is 3.82. The van der Waals surface area contributed by atoms with Crippen LogP contribution in [0.25, 0.3) is 0 Å². The molecule has 1 nitrogen and oxygen atoms in total. The zero-order chi connectivity index (χ0) is 12.0. The van der Waals surface area contributed by atoms with Gasteiger partial charge in [0.15, 0.2) is 0 Å². The van der Waals surface area contributed by atoms with Crippen LogP contribution in [-0.4, -0.2) is 10.2 Å². The molecule has 0 radical (unpaired) electrons. The summed E-state index contributed by atoms with van der Waals surface area (Å²) in [6.07, 6.45) is 8.91. The van der Waals surface area contributed by atoms with Crippen molar-refractivity contribution in [2.45, 2.75) is 46.5 Å². The van der Waals surface area contributed by atoms with Crippen molar-refractivity contribution in [3.63, 3.8) is 0 Å². The minimum Gasteiger partial charge on any atom is -0.298 e. The Hall–Kier alpha value is 0.140. The molecule has 1 saturated carbocycles. The number of fused-ring (bicyclic) bond motifs is 2. The molecular weight excluding hydrogens is 311 g/mol. The molecule has 3 atom stereocenters. The second-order valence-electron chi connectivity index (χ2n) is 6.12. The summed E-state index contributed by atoms with van der Waals surface area (Å²) in [5.41, 5.74) is -0.189. The Morgan fingerprint density at radius 3 is 2.44 bits per heavy atom. The van der Waals surface area contributed by atoms with E-state index in [-0.39, 0.29) is 16.2 Å². The van der Waals surface area contributed by atoms with E-state index in [1.165, 1.54) is 6.42 Å². The lowest BCUT2D eigenvalue weighted by Gasteiger charge is -2.56. The third-order valence-corrected chi connectivity index (χ3v) is 5.84. The van der Waals surface area contributed by atoms with Gasteiger partial charge in [-0.3, -0.25) is 4.79 Å². The van der Waals surface area contributed by atoms with E-state index in [0.717, 1.165) is 23.7 Å². The first-order valence-corrected chi connectivity index (χ1v) is 7.72. The Balaban J connectivity index is 2.39. The summed E-state index contributed by atoms with van der Waals surface area (Å²) < 4.78 is 1.15. The molecule has 0 spiro atoms. The highest BCUT2D eigenvalue weighted by atomic mass is 127. The SMILES string of the molecule is C[C@]12C=C[C@](C)(CC1)C(=O)[C@@]2(C)CCCI. The lowest BCUT2D eigenvalue weighted by molar-refractivity contribution is -0.150. The van der Waals surface area contributed by atoms with Crippen molar-refractivity contribution in [1.82, 2.24) is 0 Å². The van der Waals surface area contributed by atoms with Crippen LogP contribution >= 0.6 is 22.6 Å². The smallest absolute Gasteiger partial charge is 0.149 e. The van der Waals surface area contributed by atoms with Gasteiger partial charge in [-0.25, -0.2) is 0 Å². The van der Waals surface area contributed by atoms with Crippen LogP contribution in [0.15, 0.2) is 12.2 Å². The maximum atomic E-state index is 12.7. The number of ketones is 1. The van der Waals surface area contributed by atoms with E-state index in [0.29, 0.717) is 5.78 Å². The van der Waals surface area contributed by atoms with Crippen molar-refractivity contribution in [3.05, 3.63) is 12.2 Å². The fourth-order valence-corrected chi connectivity index (χ4v) is 3.79. The molecule has 3 rings (SSSR count). The molecule has 0 saturated heterocycles. The quantitative estimate of drug-likeness (QED) is 0.431. The predicted octanol–water partition coefficient (Wildman–Crippen LogP) is 4.15. The standard InChI is InChI=1S/C14H21IO/c1-12-6-8-13(2,9-7-12)14(3,11(12)16)5-4-10-15/h6,8H,4-5,7,9-10H2,1-3H3/t12-,13+,14-/m1/s1. The molecule has 0 heterocycles. The van der Waals surface area contributed by atoms with Gasteiger partial charge in [-0.15, -0.1) is 0 Å². The Bertz CT molecular complexity index is 349. The summed E-state index contributed by atoms with van der Waals surface area (Å²) in [5, 5.41) is 0. The van der Waals surface area contributed by atoms with E-state index >= 15 is 0 Å². The number of alkyl halides is 1. The predicted molar refractivity (Wildman–Crippen MR) is 75.8 cm³/mol. The molecule has 1 fully saturated rings. The van der Waals surface area contributed by atoms with Gasteiger partial charge in [0.25, 0.3) is 0 Å². The third kappa shape index (κ3) is 1.52. The van der Waals surface area contributed by atoms with Crippen LogP contribution in [0.3, 0.4) is 0 Å². The van der Waals surface area contributed by atoms with Gasteiger partial charge < -0.3 is 0 Å². The molecule has 0 aliphatic heterocycles. The van der Waals surface area contributed by atoms with Crippen LogP contribution in [0.5, 0.6) is 0 Å². The molecular formula is C14H21IO. The molecule has 0 amide bonds. The number of carbonyl (C=O) groups excluding carboxylic acids is 1. The molecule has 3 aliphatic carbocycles. The number of halogens is 1. The molecule has 0 unspecified atom stereocenters. The number of hydrogen-bond donors (Lipinski definition) is 0. The van der Waals surface area contributed by atoms with Gasteiger partial charge in [0.1, 0.15) is 5.78 Å². The van der Waals surface area contributed by atoms with E-state index in [1.807, 2.05) is 0 Å². The van der Waals surface area contributed by atoms with Gasteiger partial charge in [-0.2, -0.15) is 0 Å². The lowest BCUT2D eigenvalue weighted by Crippen LogP contribution is -2.56. The number of Topliss-reactive ketones (excluding diaryl/α,β-unsaturated/α-hetero) is 1. The largest absolute Gasteiger partial charge is 0.298 e. The highest BCUT2D eigenvalue weighted by Crippen LogP contribution is 2.60. The van der Waals surface area contributed by atoms with E-state index in [1.54, 1.807) is 0 Å². The van der Waals surface area contributed by atoms with E-state index in [2.05, 4.69) is 55.5 Å².